The van der Waals surface area contributed by atoms with Gasteiger partial charge in [0.2, 0.25) is 0 Å². The van der Waals surface area contributed by atoms with Crippen LogP contribution in [-0.2, 0) is 20.7 Å². The van der Waals surface area contributed by atoms with Gasteiger partial charge in [0.05, 0.1) is 7.11 Å². The van der Waals surface area contributed by atoms with E-state index < -0.39 is 11.7 Å². The van der Waals surface area contributed by atoms with Crippen LogP contribution in [0.1, 0.15) is 52.5 Å². The summed E-state index contributed by atoms with van der Waals surface area (Å²) in [4.78, 5) is 27.4. The summed E-state index contributed by atoms with van der Waals surface area (Å²) in [6.45, 7) is 9.66. The second-order valence-corrected chi connectivity index (χ2v) is 7.79. The highest BCUT2D eigenvalue weighted by molar-refractivity contribution is 5.84. The zero-order valence-electron chi connectivity index (χ0n) is 18.8. The Kier molecular flexibility index (Phi) is 11.3. The molecular weight excluding hydrogens is 384 g/mol. The van der Waals surface area contributed by atoms with Crippen LogP contribution in [0.5, 0.6) is 0 Å². The Balaban J connectivity index is 2.39. The second kappa shape index (κ2) is 13.5. The van der Waals surface area contributed by atoms with Gasteiger partial charge in [0, 0.05) is 31.7 Å². The molecule has 0 fully saturated rings. The second-order valence-electron chi connectivity index (χ2n) is 7.79. The molecule has 8 heteroatoms. The van der Waals surface area contributed by atoms with Gasteiger partial charge in [0.15, 0.2) is 5.96 Å². The maximum Gasteiger partial charge on any atom is 0.412 e. The molecule has 0 unspecified atom stereocenters. The van der Waals surface area contributed by atoms with Crippen LogP contribution >= 0.6 is 0 Å². The van der Waals surface area contributed by atoms with Crippen LogP contribution in [0.3, 0.4) is 0 Å². The summed E-state index contributed by atoms with van der Waals surface area (Å²) in [6, 6.07) is 7.68. The van der Waals surface area contributed by atoms with Gasteiger partial charge in [0.1, 0.15) is 5.60 Å². The summed E-state index contributed by atoms with van der Waals surface area (Å²) in [6.07, 6.45) is 2.38. The normalized spacial score (nSPS) is 11.6. The Morgan fingerprint density at radius 1 is 1.07 bits per heavy atom. The zero-order valence-corrected chi connectivity index (χ0v) is 18.8. The largest absolute Gasteiger partial charge is 0.469 e. The van der Waals surface area contributed by atoms with Crippen LogP contribution in [-0.4, -0.2) is 50.4 Å². The predicted octanol–water partition coefficient (Wildman–Crippen LogP) is 3.47. The van der Waals surface area contributed by atoms with Gasteiger partial charge in [-0.25, -0.2) is 4.79 Å². The number of benzene rings is 1. The Morgan fingerprint density at radius 3 is 2.37 bits per heavy atom. The lowest BCUT2D eigenvalue weighted by Crippen LogP contribution is -2.38. The van der Waals surface area contributed by atoms with E-state index in [0.29, 0.717) is 18.7 Å². The average Bonchev–Trinajstić information content (AvgIpc) is 2.67. The van der Waals surface area contributed by atoms with Crippen LogP contribution in [0.15, 0.2) is 29.3 Å². The van der Waals surface area contributed by atoms with Crippen LogP contribution in [0, 0.1) is 0 Å². The predicted molar refractivity (Wildman–Crippen MR) is 120 cm³/mol. The smallest absolute Gasteiger partial charge is 0.412 e. The molecule has 0 aliphatic carbocycles. The lowest BCUT2D eigenvalue weighted by molar-refractivity contribution is -0.140. The first kappa shape index (κ1) is 25.3. The van der Waals surface area contributed by atoms with E-state index in [1.807, 2.05) is 52.0 Å². The van der Waals surface area contributed by atoms with Crippen molar-refractivity contribution in [2.75, 3.05) is 32.1 Å². The van der Waals surface area contributed by atoms with Crippen molar-refractivity contribution in [1.29, 1.82) is 0 Å². The van der Waals surface area contributed by atoms with Gasteiger partial charge in [0.25, 0.3) is 0 Å². The molecule has 3 N–H and O–H groups in total. The molecule has 1 aromatic carbocycles. The minimum Gasteiger partial charge on any atom is -0.469 e. The van der Waals surface area contributed by atoms with Crippen molar-refractivity contribution in [1.82, 2.24) is 10.6 Å². The maximum absolute atomic E-state index is 11.8. The van der Waals surface area contributed by atoms with Crippen LogP contribution in [0.4, 0.5) is 10.5 Å². The van der Waals surface area contributed by atoms with Crippen molar-refractivity contribution in [3.05, 3.63) is 29.8 Å². The number of nitrogens with zero attached hydrogens (tertiary/aromatic N) is 1. The Bertz CT molecular complexity index is 681. The minimum absolute atomic E-state index is 0.184. The Hall–Kier alpha value is -2.77. The molecule has 0 spiro atoms. The van der Waals surface area contributed by atoms with E-state index in [-0.39, 0.29) is 5.97 Å². The number of esters is 1. The molecule has 1 rings (SSSR count). The summed E-state index contributed by atoms with van der Waals surface area (Å²) in [5, 5.41) is 9.25. The summed E-state index contributed by atoms with van der Waals surface area (Å²) in [5.74, 6) is 0.579. The van der Waals surface area contributed by atoms with E-state index in [1.54, 1.807) is 0 Å². The lowest BCUT2D eigenvalue weighted by atomic mass is 10.1. The molecule has 0 aromatic heterocycles. The molecule has 0 radical (unpaired) electrons. The minimum atomic E-state index is -0.525. The summed E-state index contributed by atoms with van der Waals surface area (Å²) in [7, 11) is 1.40. The van der Waals surface area contributed by atoms with E-state index in [4.69, 9.17) is 4.74 Å². The highest BCUT2D eigenvalue weighted by Gasteiger charge is 2.16. The first-order valence-electron chi connectivity index (χ1n) is 10.4. The first-order chi connectivity index (χ1) is 14.2. The van der Waals surface area contributed by atoms with Crippen LogP contribution in [0.2, 0.25) is 0 Å². The van der Waals surface area contributed by atoms with Crippen LogP contribution in [0.25, 0.3) is 0 Å². The lowest BCUT2D eigenvalue weighted by Gasteiger charge is -2.19. The third kappa shape index (κ3) is 11.9. The fourth-order valence-electron chi connectivity index (χ4n) is 2.52. The summed E-state index contributed by atoms with van der Waals surface area (Å²) < 4.78 is 9.88. The molecule has 0 saturated heterocycles. The molecule has 0 aliphatic heterocycles. The number of nitrogens with one attached hydrogen (secondary N) is 3. The quantitative estimate of drug-likeness (QED) is 0.232. The number of carbonyl (C=O) groups is 2. The van der Waals surface area contributed by atoms with E-state index in [0.717, 1.165) is 43.9 Å². The van der Waals surface area contributed by atoms with Crippen LogP contribution < -0.4 is 16.0 Å². The maximum atomic E-state index is 11.8. The van der Waals surface area contributed by atoms with Gasteiger partial charge in [-0.2, -0.15) is 0 Å². The number of amides is 1. The van der Waals surface area contributed by atoms with E-state index >= 15 is 0 Å². The molecule has 0 atom stereocenters. The van der Waals surface area contributed by atoms with Gasteiger partial charge in [-0.05, 0) is 64.7 Å². The number of hydrogen-bond acceptors (Lipinski definition) is 5. The summed E-state index contributed by atoms with van der Waals surface area (Å²) >= 11 is 0. The number of methoxy groups -OCH3 is 1. The SMILES string of the molecule is CCNC(=NCCCCC(=O)OC)NCCc1ccc(NC(=O)OC(C)(C)C)cc1. The van der Waals surface area contributed by atoms with Gasteiger partial charge in [-0.3, -0.25) is 15.1 Å². The average molecular weight is 421 g/mol. The molecular formula is C22H36N4O4. The first-order valence-corrected chi connectivity index (χ1v) is 10.4. The fourth-order valence-corrected chi connectivity index (χ4v) is 2.52. The van der Waals surface area contributed by atoms with Gasteiger partial charge in [-0.15, -0.1) is 0 Å². The van der Waals surface area contributed by atoms with E-state index in [1.165, 1.54) is 7.11 Å². The fraction of sp³-hybridized carbons (Fsp3) is 0.591. The molecule has 1 amide bonds. The summed E-state index contributed by atoms with van der Waals surface area (Å²) in [5.41, 5.74) is 1.32. The number of guanidine groups is 1. The van der Waals surface area contributed by atoms with Gasteiger partial charge in [-0.1, -0.05) is 12.1 Å². The molecule has 1 aromatic rings. The van der Waals surface area contributed by atoms with E-state index in [9.17, 15) is 9.59 Å². The van der Waals surface area contributed by atoms with E-state index in [2.05, 4.69) is 25.7 Å². The topological polar surface area (TPSA) is 101 Å². The Labute approximate surface area is 179 Å². The number of anilines is 1. The van der Waals surface area contributed by atoms with Crippen molar-refractivity contribution in [2.45, 2.75) is 59.0 Å². The molecule has 0 aliphatic rings. The van der Waals surface area contributed by atoms with Crippen molar-refractivity contribution < 1.29 is 19.1 Å². The number of carbonyl (C=O) groups excluding carboxylic acids is 2. The number of hydrogen-bond donors (Lipinski definition) is 3. The molecule has 8 nitrogen and oxygen atoms in total. The van der Waals surface area contributed by atoms with Gasteiger partial charge >= 0.3 is 12.1 Å². The van der Waals surface area contributed by atoms with Gasteiger partial charge < -0.3 is 20.1 Å². The molecule has 0 saturated carbocycles. The van der Waals surface area contributed by atoms with Crippen molar-refractivity contribution in [3.63, 3.8) is 0 Å². The van der Waals surface area contributed by atoms with Crippen molar-refractivity contribution >= 4 is 23.7 Å². The number of ether oxygens (including phenoxy) is 2. The monoisotopic (exact) mass is 420 g/mol. The number of rotatable bonds is 10. The molecule has 0 bridgehead atoms. The third-order valence-electron chi connectivity index (χ3n) is 3.94. The highest BCUT2D eigenvalue weighted by atomic mass is 16.6. The molecule has 168 valence electrons. The highest BCUT2D eigenvalue weighted by Crippen LogP contribution is 2.13. The van der Waals surface area contributed by atoms with Crippen molar-refractivity contribution in [3.8, 4) is 0 Å². The third-order valence-corrected chi connectivity index (χ3v) is 3.94. The zero-order chi connectivity index (χ0) is 22.4. The number of unbranched alkanes of at least 4 members (excludes halogenated alkanes) is 1. The standard InChI is InChI=1S/C22H36N4O4/c1-6-23-20(24-15-8-7-9-19(27)29-5)25-16-14-17-10-12-18(13-11-17)26-21(28)30-22(2,3)4/h10-13H,6-9,14-16H2,1-5H3,(H,26,28)(H2,23,24,25). The Morgan fingerprint density at radius 2 is 1.77 bits per heavy atom. The molecule has 30 heavy (non-hydrogen) atoms. The number of aliphatic imine (C=N–C) groups is 1. The van der Waals surface area contributed by atoms with Crippen molar-refractivity contribution in [2.24, 2.45) is 4.99 Å². The molecule has 0 heterocycles.